The van der Waals surface area contributed by atoms with Gasteiger partial charge in [-0.2, -0.15) is 0 Å². The highest BCUT2D eigenvalue weighted by Crippen LogP contribution is 2.21. The van der Waals surface area contributed by atoms with E-state index in [0.29, 0.717) is 6.42 Å². The maximum absolute atomic E-state index is 12.5. The zero-order chi connectivity index (χ0) is 19.2. The number of amides is 1. The molecule has 1 aromatic carbocycles. The van der Waals surface area contributed by atoms with Crippen molar-refractivity contribution in [3.63, 3.8) is 0 Å². The second kappa shape index (κ2) is 8.92. The van der Waals surface area contributed by atoms with Crippen molar-refractivity contribution in [2.45, 2.75) is 77.2 Å². The second-order valence-electron chi connectivity index (χ2n) is 7.59. The minimum Gasteiger partial charge on any atom is -0.487 e. The number of alkyl carbamates (subject to hydrolysis) is 1. The van der Waals surface area contributed by atoms with Crippen molar-refractivity contribution in [1.29, 1.82) is 0 Å². The van der Waals surface area contributed by atoms with E-state index in [-0.39, 0.29) is 6.10 Å². The van der Waals surface area contributed by atoms with Crippen molar-refractivity contribution in [2.75, 3.05) is 0 Å². The van der Waals surface area contributed by atoms with Gasteiger partial charge in [0.15, 0.2) is 0 Å². The van der Waals surface area contributed by atoms with Crippen molar-refractivity contribution in [1.82, 2.24) is 5.32 Å². The van der Waals surface area contributed by atoms with E-state index in [1.807, 2.05) is 37.3 Å². The van der Waals surface area contributed by atoms with Crippen LogP contribution in [0.3, 0.4) is 0 Å². The van der Waals surface area contributed by atoms with Gasteiger partial charge < -0.3 is 19.5 Å². The Morgan fingerprint density at radius 1 is 1.15 bits per heavy atom. The van der Waals surface area contributed by atoms with Gasteiger partial charge >= 0.3 is 12.1 Å². The maximum atomic E-state index is 12.5. The van der Waals surface area contributed by atoms with E-state index in [4.69, 9.17) is 14.2 Å². The first-order chi connectivity index (χ1) is 12.2. The Kier molecular flexibility index (Phi) is 6.89. The molecule has 0 bridgehead atoms. The monoisotopic (exact) mass is 363 g/mol. The number of benzene rings is 1. The lowest BCUT2D eigenvalue weighted by atomic mass is 10.1. The average molecular weight is 363 g/mol. The summed E-state index contributed by atoms with van der Waals surface area (Å²) in [4.78, 5) is 24.5. The smallest absolute Gasteiger partial charge is 0.408 e. The highest BCUT2D eigenvalue weighted by Gasteiger charge is 2.31. The van der Waals surface area contributed by atoms with Crippen LogP contribution >= 0.6 is 0 Å². The molecule has 6 nitrogen and oxygen atoms in total. The summed E-state index contributed by atoms with van der Waals surface area (Å²) in [7, 11) is 0. The van der Waals surface area contributed by atoms with E-state index < -0.39 is 29.8 Å². The Hall–Kier alpha value is -2.24. The van der Waals surface area contributed by atoms with Crippen LogP contribution < -0.4 is 10.1 Å². The minimum atomic E-state index is -0.706. The lowest BCUT2D eigenvalue weighted by Crippen LogP contribution is -2.45. The molecular formula is C20H29NO5. The molecule has 1 aliphatic heterocycles. The summed E-state index contributed by atoms with van der Waals surface area (Å²) in [6, 6.07) is 8.79. The molecule has 1 heterocycles. The molecule has 0 radical (unpaired) electrons. The summed E-state index contributed by atoms with van der Waals surface area (Å²) in [5, 5.41) is 2.63. The van der Waals surface area contributed by atoms with Gasteiger partial charge in [0, 0.05) is 0 Å². The van der Waals surface area contributed by atoms with Crippen LogP contribution in [-0.4, -0.2) is 35.9 Å². The van der Waals surface area contributed by atoms with Crippen molar-refractivity contribution < 1.29 is 23.8 Å². The number of carbonyl (C=O) groups is 2. The fourth-order valence-corrected chi connectivity index (χ4v) is 2.80. The van der Waals surface area contributed by atoms with Crippen LogP contribution in [0.4, 0.5) is 4.79 Å². The maximum Gasteiger partial charge on any atom is 0.408 e. The number of carbonyl (C=O) groups excluding carboxylic acids is 2. The van der Waals surface area contributed by atoms with Gasteiger partial charge in [-0.1, -0.05) is 24.6 Å². The number of rotatable bonds is 3. The van der Waals surface area contributed by atoms with Crippen LogP contribution in [0.15, 0.2) is 30.3 Å². The van der Waals surface area contributed by atoms with Crippen LogP contribution in [-0.2, 0) is 14.3 Å². The molecule has 1 fully saturated rings. The van der Waals surface area contributed by atoms with Gasteiger partial charge in [-0.15, -0.1) is 0 Å². The van der Waals surface area contributed by atoms with Gasteiger partial charge in [-0.05, 0) is 59.1 Å². The molecule has 0 saturated carbocycles. The molecule has 0 unspecified atom stereocenters. The van der Waals surface area contributed by atoms with Crippen molar-refractivity contribution in [3.05, 3.63) is 30.3 Å². The summed E-state index contributed by atoms with van der Waals surface area (Å²) in [5.41, 5.74) is -0.617. The first-order valence-corrected chi connectivity index (χ1v) is 9.16. The van der Waals surface area contributed by atoms with Gasteiger partial charge in [0.25, 0.3) is 0 Å². The van der Waals surface area contributed by atoms with E-state index in [9.17, 15) is 9.59 Å². The summed E-state index contributed by atoms with van der Waals surface area (Å²) in [6.07, 6.45) is 1.72. The molecule has 1 saturated heterocycles. The predicted molar refractivity (Wildman–Crippen MR) is 98.0 cm³/mol. The Morgan fingerprint density at radius 3 is 2.46 bits per heavy atom. The molecule has 1 aromatic rings. The predicted octanol–water partition coefficient (Wildman–Crippen LogP) is 3.83. The van der Waals surface area contributed by atoms with E-state index in [0.717, 1.165) is 25.0 Å². The molecule has 144 valence electrons. The van der Waals surface area contributed by atoms with Crippen LogP contribution in [0.5, 0.6) is 5.75 Å². The molecule has 0 spiro atoms. The molecule has 0 aliphatic carbocycles. The van der Waals surface area contributed by atoms with Crippen molar-refractivity contribution in [3.8, 4) is 5.75 Å². The van der Waals surface area contributed by atoms with E-state index in [2.05, 4.69) is 5.32 Å². The zero-order valence-electron chi connectivity index (χ0n) is 16.0. The van der Waals surface area contributed by atoms with Crippen molar-refractivity contribution >= 4 is 12.1 Å². The molecule has 2 rings (SSSR count). The third kappa shape index (κ3) is 6.58. The van der Waals surface area contributed by atoms with Crippen molar-refractivity contribution in [2.24, 2.45) is 0 Å². The molecule has 1 amide bonds. The first-order valence-electron chi connectivity index (χ1n) is 9.16. The fourth-order valence-electron chi connectivity index (χ4n) is 2.80. The Morgan fingerprint density at radius 2 is 1.81 bits per heavy atom. The number of hydrogen-bond donors (Lipinski definition) is 1. The topological polar surface area (TPSA) is 73.9 Å². The van der Waals surface area contributed by atoms with E-state index in [1.54, 1.807) is 20.8 Å². The summed E-state index contributed by atoms with van der Waals surface area (Å²) in [5.74, 6) is 0.301. The quantitative estimate of drug-likeness (QED) is 0.826. The normalized spacial score (nSPS) is 24.5. The fraction of sp³-hybridized carbons (Fsp3) is 0.600. The Labute approximate surface area is 155 Å². The number of cyclic esters (lactones) is 1. The Bertz CT molecular complexity index is 596. The number of ether oxygens (including phenoxy) is 3. The van der Waals surface area contributed by atoms with E-state index in [1.165, 1.54) is 0 Å². The summed E-state index contributed by atoms with van der Waals surface area (Å²) >= 11 is 0. The third-order valence-corrected chi connectivity index (χ3v) is 4.06. The molecule has 1 N–H and O–H groups in total. The lowest BCUT2D eigenvalue weighted by Gasteiger charge is -2.26. The number of hydrogen-bond acceptors (Lipinski definition) is 5. The highest BCUT2D eigenvalue weighted by atomic mass is 16.6. The average Bonchev–Trinajstić information content (AvgIpc) is 2.60. The first kappa shape index (κ1) is 20.1. The van der Waals surface area contributed by atoms with Crippen LogP contribution in [0.1, 0.15) is 53.4 Å². The third-order valence-electron chi connectivity index (χ3n) is 4.06. The van der Waals surface area contributed by atoms with E-state index >= 15 is 0 Å². The van der Waals surface area contributed by atoms with Crippen LogP contribution in [0.2, 0.25) is 0 Å². The molecule has 1 aliphatic rings. The highest BCUT2D eigenvalue weighted by molar-refractivity contribution is 5.81. The van der Waals surface area contributed by atoms with Gasteiger partial charge in [-0.3, -0.25) is 0 Å². The molecule has 6 heteroatoms. The molecule has 3 atom stereocenters. The van der Waals surface area contributed by atoms with Crippen LogP contribution in [0.25, 0.3) is 0 Å². The SMILES string of the molecule is C[C@@H]1OC(=O)[C@@H](NC(=O)OC(C)(C)C)CCCC[C@H]1Oc1ccccc1. The van der Waals surface area contributed by atoms with Crippen LogP contribution in [0, 0.1) is 0 Å². The summed E-state index contributed by atoms with van der Waals surface area (Å²) < 4.78 is 16.8. The van der Waals surface area contributed by atoms with Gasteiger partial charge in [-0.25, -0.2) is 9.59 Å². The lowest BCUT2D eigenvalue weighted by molar-refractivity contribution is -0.155. The number of para-hydroxylation sites is 1. The molecular weight excluding hydrogens is 334 g/mol. The standard InChI is InChI=1S/C20H29NO5/c1-14-17(25-15-10-6-5-7-11-15)13-9-8-12-16(18(22)24-14)21-19(23)26-20(2,3)4/h5-7,10-11,14,16-17H,8-9,12-13H2,1-4H3,(H,21,23)/t14-,16-,17+/m0/s1. The second-order valence-corrected chi connectivity index (χ2v) is 7.59. The largest absolute Gasteiger partial charge is 0.487 e. The Balaban J connectivity index is 1.98. The molecule has 0 aromatic heterocycles. The number of esters is 1. The summed E-state index contributed by atoms with van der Waals surface area (Å²) in [6.45, 7) is 7.16. The van der Waals surface area contributed by atoms with Gasteiger partial charge in [0.1, 0.15) is 29.6 Å². The molecule has 26 heavy (non-hydrogen) atoms. The van der Waals surface area contributed by atoms with Gasteiger partial charge in [0.05, 0.1) is 0 Å². The number of nitrogens with one attached hydrogen (secondary N) is 1. The minimum absolute atomic E-state index is 0.221. The van der Waals surface area contributed by atoms with Gasteiger partial charge in [0.2, 0.25) is 0 Å². The zero-order valence-corrected chi connectivity index (χ0v) is 16.0.